The summed E-state index contributed by atoms with van der Waals surface area (Å²) in [6.07, 6.45) is 5.04. The van der Waals surface area contributed by atoms with Crippen LogP contribution in [0.25, 0.3) is 0 Å². The zero-order valence-electron chi connectivity index (χ0n) is 9.67. The molecule has 4 nitrogen and oxygen atoms in total. The van der Waals surface area contributed by atoms with Crippen molar-refractivity contribution in [3.63, 3.8) is 0 Å². The summed E-state index contributed by atoms with van der Waals surface area (Å²) in [5.41, 5.74) is 0.279. The lowest BCUT2D eigenvalue weighted by molar-refractivity contribution is -0.227. The van der Waals surface area contributed by atoms with Crippen LogP contribution in [0.5, 0.6) is 0 Å². The van der Waals surface area contributed by atoms with Crippen molar-refractivity contribution in [2.24, 2.45) is 5.16 Å². The summed E-state index contributed by atoms with van der Waals surface area (Å²) in [6.45, 7) is 0. The van der Waals surface area contributed by atoms with E-state index in [1.165, 1.54) is 11.5 Å². The number of rotatable bonds is 1. The molecule has 0 amide bonds. The Morgan fingerprint density at radius 2 is 1.82 bits per heavy atom. The summed E-state index contributed by atoms with van der Waals surface area (Å²) in [7, 11) is 0. The average Bonchev–Trinajstić information content (AvgIpc) is 2.70. The maximum Gasteiger partial charge on any atom is 0.234 e. The molecule has 1 aromatic rings. The first-order valence-corrected chi connectivity index (χ1v) is 6.13. The predicted molar refractivity (Wildman–Crippen MR) is 63.5 cm³/mol. The molecule has 90 valence electrons. The SMILES string of the molecule is ON1C(c2ccccc2)=NOC12CCCCC2. The Kier molecular flexibility index (Phi) is 2.52. The van der Waals surface area contributed by atoms with E-state index in [9.17, 15) is 5.21 Å². The molecule has 1 aromatic carbocycles. The first-order valence-electron chi connectivity index (χ1n) is 6.13. The van der Waals surface area contributed by atoms with Crippen LogP contribution in [-0.4, -0.2) is 21.8 Å². The van der Waals surface area contributed by atoms with Crippen molar-refractivity contribution in [2.45, 2.75) is 37.8 Å². The average molecular weight is 232 g/mol. The summed E-state index contributed by atoms with van der Waals surface area (Å²) in [6, 6.07) is 9.65. The Morgan fingerprint density at radius 1 is 1.12 bits per heavy atom. The van der Waals surface area contributed by atoms with Crippen LogP contribution in [0.2, 0.25) is 0 Å². The molecule has 3 rings (SSSR count). The zero-order chi connectivity index (χ0) is 11.7. The molecular weight excluding hydrogens is 216 g/mol. The largest absolute Gasteiger partial charge is 0.363 e. The monoisotopic (exact) mass is 232 g/mol. The van der Waals surface area contributed by atoms with E-state index in [4.69, 9.17) is 4.84 Å². The first kappa shape index (κ1) is 10.6. The lowest BCUT2D eigenvalue weighted by Gasteiger charge is -2.35. The lowest BCUT2D eigenvalue weighted by Crippen LogP contribution is -2.48. The van der Waals surface area contributed by atoms with Gasteiger partial charge >= 0.3 is 0 Å². The number of hydrogen-bond donors (Lipinski definition) is 1. The molecule has 1 heterocycles. The van der Waals surface area contributed by atoms with Crippen molar-refractivity contribution in [3.8, 4) is 0 Å². The van der Waals surface area contributed by atoms with Gasteiger partial charge in [0.15, 0.2) is 0 Å². The topological polar surface area (TPSA) is 45.1 Å². The van der Waals surface area contributed by atoms with Crippen molar-refractivity contribution in [2.75, 3.05) is 0 Å². The van der Waals surface area contributed by atoms with E-state index in [0.29, 0.717) is 5.84 Å². The van der Waals surface area contributed by atoms with E-state index in [0.717, 1.165) is 31.2 Å². The van der Waals surface area contributed by atoms with Crippen LogP contribution in [0.3, 0.4) is 0 Å². The molecule has 2 aliphatic rings. The minimum Gasteiger partial charge on any atom is -0.363 e. The van der Waals surface area contributed by atoms with E-state index in [1.54, 1.807) is 0 Å². The summed E-state index contributed by atoms with van der Waals surface area (Å²) in [4.78, 5) is 5.52. The summed E-state index contributed by atoms with van der Waals surface area (Å²) < 4.78 is 0. The molecule has 1 fully saturated rings. The first-order chi connectivity index (χ1) is 8.32. The standard InChI is InChI=1S/C13H16N2O2/c16-15-12(11-7-3-1-4-8-11)14-17-13(15)9-5-2-6-10-13/h1,3-4,7-8,16H,2,5-6,9-10H2. The Bertz CT molecular complexity index is 424. The van der Waals surface area contributed by atoms with E-state index in [2.05, 4.69) is 5.16 Å². The van der Waals surface area contributed by atoms with Crippen LogP contribution in [0.4, 0.5) is 0 Å². The summed E-state index contributed by atoms with van der Waals surface area (Å²) in [5.74, 6) is 0.521. The third kappa shape index (κ3) is 1.69. The molecule has 0 saturated heterocycles. The molecule has 1 N–H and O–H groups in total. The van der Waals surface area contributed by atoms with Crippen LogP contribution in [0, 0.1) is 0 Å². The maximum atomic E-state index is 10.3. The highest BCUT2D eigenvalue weighted by Gasteiger charge is 2.46. The third-order valence-electron chi connectivity index (χ3n) is 3.56. The van der Waals surface area contributed by atoms with Crippen LogP contribution in [-0.2, 0) is 4.84 Å². The molecule has 0 bridgehead atoms. The number of nitrogens with zero attached hydrogens (tertiary/aromatic N) is 2. The van der Waals surface area contributed by atoms with Gasteiger partial charge in [-0.15, -0.1) is 0 Å². The maximum absolute atomic E-state index is 10.3. The fourth-order valence-electron chi connectivity index (χ4n) is 2.57. The van der Waals surface area contributed by atoms with Gasteiger partial charge in [0.2, 0.25) is 11.6 Å². The number of amidine groups is 1. The smallest absolute Gasteiger partial charge is 0.234 e. The second-order valence-corrected chi connectivity index (χ2v) is 4.69. The van der Waals surface area contributed by atoms with Crippen molar-refractivity contribution >= 4 is 5.84 Å². The molecule has 1 aliphatic heterocycles. The zero-order valence-corrected chi connectivity index (χ0v) is 9.67. The van der Waals surface area contributed by atoms with E-state index in [1.807, 2.05) is 30.3 Å². The number of hydrogen-bond acceptors (Lipinski definition) is 4. The van der Waals surface area contributed by atoms with Gasteiger partial charge in [0, 0.05) is 18.4 Å². The van der Waals surface area contributed by atoms with Crippen molar-refractivity contribution in [1.29, 1.82) is 0 Å². The van der Waals surface area contributed by atoms with E-state index >= 15 is 0 Å². The highest BCUT2D eigenvalue weighted by molar-refractivity contribution is 5.98. The second kappa shape index (κ2) is 4.04. The minimum atomic E-state index is -0.608. The number of oxime groups is 1. The van der Waals surface area contributed by atoms with Crippen LogP contribution in [0.1, 0.15) is 37.7 Å². The van der Waals surface area contributed by atoms with Crippen molar-refractivity contribution in [1.82, 2.24) is 5.06 Å². The number of hydroxylamine groups is 2. The normalized spacial score (nSPS) is 22.4. The lowest BCUT2D eigenvalue weighted by atomic mass is 9.91. The fourth-order valence-corrected chi connectivity index (χ4v) is 2.57. The van der Waals surface area contributed by atoms with Gasteiger partial charge in [-0.2, -0.15) is 5.06 Å². The van der Waals surface area contributed by atoms with Gasteiger partial charge in [0.1, 0.15) is 0 Å². The molecule has 0 aromatic heterocycles. The van der Waals surface area contributed by atoms with Crippen molar-refractivity contribution in [3.05, 3.63) is 35.9 Å². The summed E-state index contributed by atoms with van der Waals surface area (Å²) >= 11 is 0. The quantitative estimate of drug-likeness (QED) is 0.809. The van der Waals surface area contributed by atoms with Crippen LogP contribution < -0.4 is 0 Å². The Morgan fingerprint density at radius 3 is 2.53 bits per heavy atom. The number of benzene rings is 1. The molecule has 0 unspecified atom stereocenters. The van der Waals surface area contributed by atoms with Gasteiger partial charge in [0.05, 0.1) is 0 Å². The van der Waals surface area contributed by atoms with Crippen LogP contribution in [0.15, 0.2) is 35.5 Å². The highest BCUT2D eigenvalue weighted by atomic mass is 16.7. The molecule has 0 radical (unpaired) electrons. The van der Waals surface area contributed by atoms with Crippen molar-refractivity contribution < 1.29 is 10.0 Å². The van der Waals surface area contributed by atoms with Crippen LogP contribution >= 0.6 is 0 Å². The van der Waals surface area contributed by atoms with Gasteiger partial charge in [-0.3, -0.25) is 5.21 Å². The Labute approximate surface area is 100 Å². The van der Waals surface area contributed by atoms with Gasteiger partial charge in [-0.05, 0) is 12.8 Å². The molecule has 4 heteroatoms. The Hall–Kier alpha value is -1.55. The summed E-state index contributed by atoms with van der Waals surface area (Å²) in [5, 5.41) is 15.6. The molecule has 1 spiro atoms. The molecule has 1 aliphatic carbocycles. The second-order valence-electron chi connectivity index (χ2n) is 4.69. The van der Waals surface area contributed by atoms with Gasteiger partial charge in [-0.25, -0.2) is 0 Å². The third-order valence-corrected chi connectivity index (χ3v) is 3.56. The minimum absolute atomic E-state index is 0.521. The molecular formula is C13H16N2O2. The Balaban J connectivity index is 1.86. The molecule has 1 saturated carbocycles. The molecule has 17 heavy (non-hydrogen) atoms. The van der Waals surface area contributed by atoms with Gasteiger partial charge in [-0.1, -0.05) is 41.9 Å². The predicted octanol–water partition coefficient (Wildman–Crippen LogP) is 2.73. The van der Waals surface area contributed by atoms with Gasteiger partial charge < -0.3 is 4.84 Å². The fraction of sp³-hybridized carbons (Fsp3) is 0.462. The van der Waals surface area contributed by atoms with E-state index in [-0.39, 0.29) is 0 Å². The van der Waals surface area contributed by atoms with E-state index < -0.39 is 5.72 Å². The molecule has 0 atom stereocenters. The van der Waals surface area contributed by atoms with Gasteiger partial charge in [0.25, 0.3) is 0 Å². The highest BCUT2D eigenvalue weighted by Crippen LogP contribution is 2.38.